The van der Waals surface area contributed by atoms with Gasteiger partial charge in [-0.1, -0.05) is 29.8 Å². The topological polar surface area (TPSA) is 64.3 Å². The number of amides is 1. The van der Waals surface area contributed by atoms with Gasteiger partial charge >= 0.3 is 0 Å². The van der Waals surface area contributed by atoms with Crippen molar-refractivity contribution in [3.8, 4) is 5.75 Å². The van der Waals surface area contributed by atoms with Gasteiger partial charge in [0.15, 0.2) is 6.61 Å². The van der Waals surface area contributed by atoms with E-state index >= 15 is 0 Å². The third-order valence-electron chi connectivity index (χ3n) is 2.89. The van der Waals surface area contributed by atoms with Crippen LogP contribution in [0.15, 0.2) is 42.5 Å². The van der Waals surface area contributed by atoms with Gasteiger partial charge in [0.05, 0.1) is 5.02 Å². The van der Waals surface area contributed by atoms with E-state index in [1.165, 1.54) is 0 Å². The Morgan fingerprint density at radius 2 is 2.10 bits per heavy atom. The van der Waals surface area contributed by atoms with E-state index in [0.717, 1.165) is 16.8 Å². The number of ether oxygens (including phenoxy) is 1. The number of hydrogen-bond donors (Lipinski definition) is 2. The monoisotopic (exact) mass is 304 g/mol. The Labute approximate surface area is 128 Å². The first-order valence-corrected chi connectivity index (χ1v) is 6.94. The van der Waals surface area contributed by atoms with Crippen LogP contribution in [0.2, 0.25) is 5.02 Å². The third kappa shape index (κ3) is 4.48. The first kappa shape index (κ1) is 15.4. The van der Waals surface area contributed by atoms with Crippen molar-refractivity contribution in [3.63, 3.8) is 0 Å². The molecule has 5 heteroatoms. The fraction of sp³-hybridized carbons (Fsp3) is 0.188. The standard InChI is InChI=1S/C16H17ClN2O2/c1-11-3-2-4-13(7-11)19-16(20)10-21-15-6-5-12(9-18)8-14(15)17/h2-8H,9-10,18H2,1H3,(H,19,20). The highest BCUT2D eigenvalue weighted by Gasteiger charge is 2.07. The van der Waals surface area contributed by atoms with Gasteiger partial charge < -0.3 is 15.8 Å². The van der Waals surface area contributed by atoms with E-state index in [4.69, 9.17) is 22.1 Å². The highest BCUT2D eigenvalue weighted by atomic mass is 35.5. The van der Waals surface area contributed by atoms with Crippen molar-refractivity contribution < 1.29 is 9.53 Å². The molecule has 0 bridgehead atoms. The van der Waals surface area contributed by atoms with Gasteiger partial charge in [0, 0.05) is 12.2 Å². The molecule has 110 valence electrons. The summed E-state index contributed by atoms with van der Waals surface area (Å²) in [6, 6.07) is 12.8. The summed E-state index contributed by atoms with van der Waals surface area (Å²) in [5.41, 5.74) is 8.26. The first-order chi connectivity index (χ1) is 10.1. The van der Waals surface area contributed by atoms with Crippen molar-refractivity contribution in [2.24, 2.45) is 5.73 Å². The summed E-state index contributed by atoms with van der Waals surface area (Å²) < 4.78 is 5.42. The second-order valence-electron chi connectivity index (χ2n) is 4.68. The quantitative estimate of drug-likeness (QED) is 0.892. The smallest absolute Gasteiger partial charge is 0.262 e. The minimum absolute atomic E-state index is 0.102. The molecule has 0 aliphatic rings. The van der Waals surface area contributed by atoms with Gasteiger partial charge in [0.25, 0.3) is 5.91 Å². The first-order valence-electron chi connectivity index (χ1n) is 6.56. The molecule has 0 radical (unpaired) electrons. The zero-order chi connectivity index (χ0) is 15.2. The highest BCUT2D eigenvalue weighted by molar-refractivity contribution is 6.32. The summed E-state index contributed by atoms with van der Waals surface area (Å²) in [6.45, 7) is 2.27. The van der Waals surface area contributed by atoms with Crippen LogP contribution in [0.5, 0.6) is 5.75 Å². The summed E-state index contributed by atoms with van der Waals surface area (Å²) in [4.78, 5) is 11.8. The normalized spacial score (nSPS) is 10.2. The number of carbonyl (C=O) groups is 1. The molecule has 0 saturated carbocycles. The summed E-state index contributed by atoms with van der Waals surface area (Å²) >= 11 is 6.06. The number of rotatable bonds is 5. The Morgan fingerprint density at radius 1 is 1.29 bits per heavy atom. The second kappa shape index (κ2) is 7.11. The van der Waals surface area contributed by atoms with Crippen LogP contribution in [0.3, 0.4) is 0 Å². The number of hydrogen-bond acceptors (Lipinski definition) is 3. The highest BCUT2D eigenvalue weighted by Crippen LogP contribution is 2.25. The molecule has 0 aliphatic heterocycles. The predicted octanol–water partition coefficient (Wildman–Crippen LogP) is 3.12. The lowest BCUT2D eigenvalue weighted by atomic mass is 10.2. The Morgan fingerprint density at radius 3 is 2.76 bits per heavy atom. The molecule has 0 aromatic heterocycles. The van der Waals surface area contributed by atoms with E-state index < -0.39 is 0 Å². The maximum absolute atomic E-state index is 11.8. The minimum Gasteiger partial charge on any atom is -0.482 e. The Balaban J connectivity index is 1.92. The molecule has 4 nitrogen and oxygen atoms in total. The summed E-state index contributed by atoms with van der Waals surface area (Å²) in [7, 11) is 0. The van der Waals surface area contributed by atoms with Crippen molar-refractivity contribution in [3.05, 3.63) is 58.6 Å². The van der Waals surface area contributed by atoms with Crippen LogP contribution >= 0.6 is 11.6 Å². The van der Waals surface area contributed by atoms with Gasteiger partial charge in [-0.25, -0.2) is 0 Å². The van der Waals surface area contributed by atoms with E-state index in [9.17, 15) is 4.79 Å². The van der Waals surface area contributed by atoms with E-state index in [2.05, 4.69) is 5.32 Å². The molecular weight excluding hydrogens is 288 g/mol. The number of carbonyl (C=O) groups excluding carboxylic acids is 1. The Hall–Kier alpha value is -2.04. The van der Waals surface area contributed by atoms with Crippen molar-refractivity contribution in [2.75, 3.05) is 11.9 Å². The van der Waals surface area contributed by atoms with Crippen LogP contribution in [-0.4, -0.2) is 12.5 Å². The Bertz CT molecular complexity index is 644. The third-order valence-corrected chi connectivity index (χ3v) is 3.19. The van der Waals surface area contributed by atoms with Crippen LogP contribution in [0.25, 0.3) is 0 Å². The lowest BCUT2D eigenvalue weighted by Gasteiger charge is -2.10. The zero-order valence-electron chi connectivity index (χ0n) is 11.7. The van der Waals surface area contributed by atoms with Crippen molar-refractivity contribution in [1.29, 1.82) is 0 Å². The molecule has 0 unspecified atom stereocenters. The Kier molecular flexibility index (Phi) is 5.20. The molecule has 0 aliphatic carbocycles. The summed E-state index contributed by atoms with van der Waals surface area (Å²) in [6.07, 6.45) is 0. The zero-order valence-corrected chi connectivity index (χ0v) is 12.5. The second-order valence-corrected chi connectivity index (χ2v) is 5.08. The van der Waals surface area contributed by atoms with E-state index in [1.54, 1.807) is 12.1 Å². The maximum Gasteiger partial charge on any atom is 0.262 e. The van der Waals surface area contributed by atoms with Crippen LogP contribution < -0.4 is 15.8 Å². The van der Waals surface area contributed by atoms with Gasteiger partial charge in [-0.15, -0.1) is 0 Å². The molecular formula is C16H17ClN2O2. The van der Waals surface area contributed by atoms with Gasteiger partial charge in [-0.3, -0.25) is 4.79 Å². The van der Waals surface area contributed by atoms with Gasteiger partial charge in [-0.2, -0.15) is 0 Å². The predicted molar refractivity (Wildman–Crippen MR) is 84.6 cm³/mol. The fourth-order valence-electron chi connectivity index (χ4n) is 1.85. The molecule has 0 fully saturated rings. The van der Waals surface area contributed by atoms with Gasteiger partial charge in [-0.05, 0) is 42.3 Å². The van der Waals surface area contributed by atoms with E-state index in [-0.39, 0.29) is 12.5 Å². The molecule has 0 saturated heterocycles. The average molecular weight is 305 g/mol. The van der Waals surface area contributed by atoms with Crippen LogP contribution in [-0.2, 0) is 11.3 Å². The number of nitrogens with two attached hydrogens (primary N) is 1. The molecule has 3 N–H and O–H groups in total. The lowest BCUT2D eigenvalue weighted by Crippen LogP contribution is -2.20. The number of anilines is 1. The van der Waals surface area contributed by atoms with E-state index in [0.29, 0.717) is 17.3 Å². The van der Waals surface area contributed by atoms with Gasteiger partial charge in [0.2, 0.25) is 0 Å². The van der Waals surface area contributed by atoms with Crippen molar-refractivity contribution >= 4 is 23.2 Å². The number of aryl methyl sites for hydroxylation is 1. The molecule has 2 aromatic carbocycles. The average Bonchev–Trinajstić information content (AvgIpc) is 2.46. The SMILES string of the molecule is Cc1cccc(NC(=O)COc2ccc(CN)cc2Cl)c1. The molecule has 0 heterocycles. The molecule has 0 atom stereocenters. The molecule has 2 rings (SSSR count). The lowest BCUT2D eigenvalue weighted by molar-refractivity contribution is -0.118. The number of nitrogens with one attached hydrogen (secondary N) is 1. The molecule has 21 heavy (non-hydrogen) atoms. The molecule has 2 aromatic rings. The van der Waals surface area contributed by atoms with Crippen LogP contribution in [0.4, 0.5) is 5.69 Å². The molecule has 0 spiro atoms. The number of benzene rings is 2. The summed E-state index contributed by atoms with van der Waals surface area (Å²) in [5, 5.41) is 3.21. The number of halogens is 1. The summed E-state index contributed by atoms with van der Waals surface area (Å²) in [5.74, 6) is 0.229. The minimum atomic E-state index is -0.237. The van der Waals surface area contributed by atoms with Gasteiger partial charge in [0.1, 0.15) is 5.75 Å². The van der Waals surface area contributed by atoms with Crippen molar-refractivity contribution in [2.45, 2.75) is 13.5 Å². The van der Waals surface area contributed by atoms with E-state index in [1.807, 2.05) is 37.3 Å². The van der Waals surface area contributed by atoms with Crippen LogP contribution in [0, 0.1) is 6.92 Å². The largest absolute Gasteiger partial charge is 0.482 e. The van der Waals surface area contributed by atoms with Crippen molar-refractivity contribution in [1.82, 2.24) is 0 Å². The fourth-order valence-corrected chi connectivity index (χ4v) is 2.11. The maximum atomic E-state index is 11.8. The van der Waals surface area contributed by atoms with Crippen LogP contribution in [0.1, 0.15) is 11.1 Å². The molecule has 1 amide bonds.